The fourth-order valence-corrected chi connectivity index (χ4v) is 13.3. The molecule has 13 aromatic rings. The van der Waals surface area contributed by atoms with Crippen LogP contribution in [-0.2, 0) is 16.2 Å². The number of hydrogen-bond acceptors (Lipinski definition) is 4. The highest BCUT2D eigenvalue weighted by atomic mass is 16.3. The Bertz CT molecular complexity index is 4310. The van der Waals surface area contributed by atoms with Crippen molar-refractivity contribution in [1.82, 2.24) is 0 Å². The molecule has 5 heteroatoms. The molecule has 0 N–H and O–H groups in total. The van der Waals surface area contributed by atoms with Crippen molar-refractivity contribution in [3.05, 3.63) is 247 Å². The van der Waals surface area contributed by atoms with Crippen LogP contribution in [0, 0.1) is 0 Å². The Kier molecular flexibility index (Phi) is 11.3. The smallest absolute Gasteiger partial charge is 0.252 e. The van der Waals surface area contributed by atoms with Crippen LogP contribution >= 0.6 is 0 Å². The van der Waals surface area contributed by atoms with E-state index in [1.165, 1.54) is 44.4 Å². The molecular weight excluding hydrogens is 1010 g/mol. The first-order valence-electron chi connectivity index (χ1n) is 29.3. The van der Waals surface area contributed by atoms with Crippen molar-refractivity contribution >= 4 is 101 Å². The minimum atomic E-state index is -0.282. The summed E-state index contributed by atoms with van der Waals surface area (Å²) >= 11 is 0. The average Bonchev–Trinajstić information content (AvgIpc) is 2.45. The van der Waals surface area contributed by atoms with Gasteiger partial charge in [-0.05, 0) is 144 Å². The maximum absolute atomic E-state index is 7.00. The van der Waals surface area contributed by atoms with Gasteiger partial charge in [0.15, 0.2) is 0 Å². The normalized spacial score (nSPS) is 13.3. The molecule has 0 atom stereocenters. The largest absolute Gasteiger partial charge is 0.456 e. The van der Waals surface area contributed by atoms with E-state index in [4.69, 9.17) is 8.83 Å². The number of rotatable bonds is 6. The molecule has 15 rings (SSSR count). The van der Waals surface area contributed by atoms with Crippen molar-refractivity contribution in [2.24, 2.45) is 0 Å². The SMILES string of the molecule is CC(C)(C)c1cc(-c2ccccc2)c(N2c3cc4c(cc3B3c5cc6oc7ccccc7c6cc5N(c5c(-c6ccccc6)cc(C(C)(C)C)cc5-c5ccccc5)c5cc(C(C)(C)C)cc2c53)oc2ccccc24)c(-c2ccccc2)c1. The van der Waals surface area contributed by atoms with Gasteiger partial charge in [0.05, 0.1) is 11.4 Å². The highest BCUT2D eigenvalue weighted by molar-refractivity contribution is 7.00. The van der Waals surface area contributed by atoms with Gasteiger partial charge in [-0.2, -0.15) is 0 Å². The third kappa shape index (κ3) is 8.18. The molecule has 11 aromatic carbocycles. The van der Waals surface area contributed by atoms with E-state index in [0.29, 0.717) is 0 Å². The van der Waals surface area contributed by atoms with Crippen LogP contribution in [0.5, 0.6) is 0 Å². The van der Waals surface area contributed by atoms with Crippen molar-refractivity contribution in [2.45, 2.75) is 78.6 Å². The maximum Gasteiger partial charge on any atom is 0.252 e. The molecule has 0 radical (unpaired) electrons. The summed E-state index contributed by atoms with van der Waals surface area (Å²) in [7, 11) is 0. The van der Waals surface area contributed by atoms with Crippen LogP contribution in [0.3, 0.4) is 0 Å². The maximum atomic E-state index is 7.00. The predicted octanol–water partition coefficient (Wildman–Crippen LogP) is 20.1. The number of benzene rings is 11. The van der Waals surface area contributed by atoms with E-state index in [9.17, 15) is 0 Å². The highest BCUT2D eigenvalue weighted by Crippen LogP contribution is 2.56. The quantitative estimate of drug-likeness (QED) is 0.155. The first-order valence-corrected chi connectivity index (χ1v) is 29.3. The van der Waals surface area contributed by atoms with Crippen LogP contribution in [0.4, 0.5) is 34.1 Å². The predicted molar refractivity (Wildman–Crippen MR) is 353 cm³/mol. The van der Waals surface area contributed by atoms with E-state index in [1.807, 2.05) is 0 Å². The molecule has 2 aliphatic heterocycles. The standard InChI is InChI=1S/C78H65BN2O2/c1-76(2,3)52-38-57(48-26-14-10-15-27-48)74(58(39-52)49-28-16-11-17-29-49)80-65-44-61-55-34-22-24-36-69(55)82-71(61)46-63(65)79-64-47-72-62(56-35-23-25-37-70(56)83-72)45-66(64)81(68-43-54(78(7,8)9)42-67(80)73(68)79)75-59(50-30-18-12-19-31-50)40-53(77(4,5)6)41-60(75)51-32-20-13-21-33-51/h10-47H,1-9H3. The summed E-state index contributed by atoms with van der Waals surface area (Å²) in [4.78, 5) is 5.33. The van der Waals surface area contributed by atoms with Gasteiger partial charge in [0.25, 0.3) is 6.71 Å². The Hall–Kier alpha value is -9.32. The molecule has 2 aromatic heterocycles. The minimum absolute atomic E-state index is 0.161. The Morgan fingerprint density at radius 2 is 0.590 bits per heavy atom. The molecule has 0 unspecified atom stereocenters. The van der Waals surface area contributed by atoms with Crippen LogP contribution in [-0.4, -0.2) is 6.71 Å². The van der Waals surface area contributed by atoms with Crippen LogP contribution in [0.2, 0.25) is 0 Å². The molecule has 0 saturated carbocycles. The Morgan fingerprint density at radius 3 is 0.916 bits per heavy atom. The van der Waals surface area contributed by atoms with Crippen molar-refractivity contribution < 1.29 is 8.83 Å². The van der Waals surface area contributed by atoms with Gasteiger partial charge in [-0.1, -0.05) is 220 Å². The molecule has 0 fully saturated rings. The van der Waals surface area contributed by atoms with Crippen LogP contribution in [0.25, 0.3) is 88.4 Å². The lowest BCUT2D eigenvalue weighted by Gasteiger charge is -2.46. The van der Waals surface area contributed by atoms with Crippen LogP contribution in [0.1, 0.15) is 79.0 Å². The summed E-state index contributed by atoms with van der Waals surface area (Å²) in [6.07, 6.45) is 0. The molecule has 4 heterocycles. The van der Waals surface area contributed by atoms with E-state index in [-0.39, 0.29) is 23.0 Å². The van der Waals surface area contributed by atoms with Gasteiger partial charge in [0.1, 0.15) is 22.3 Å². The zero-order valence-corrected chi connectivity index (χ0v) is 48.7. The van der Waals surface area contributed by atoms with E-state index in [2.05, 4.69) is 303 Å². The van der Waals surface area contributed by atoms with Gasteiger partial charge in [0, 0.05) is 66.5 Å². The third-order valence-electron chi connectivity index (χ3n) is 17.7. The lowest BCUT2D eigenvalue weighted by molar-refractivity contribution is 0.590. The Balaban J connectivity index is 1.17. The van der Waals surface area contributed by atoms with E-state index in [0.717, 1.165) is 111 Å². The monoisotopic (exact) mass is 1070 g/mol. The zero-order chi connectivity index (χ0) is 56.7. The number of para-hydroxylation sites is 2. The lowest BCUT2D eigenvalue weighted by atomic mass is 9.33. The molecule has 0 aliphatic carbocycles. The first kappa shape index (κ1) is 50.6. The number of furan rings is 2. The second-order valence-corrected chi connectivity index (χ2v) is 26.1. The van der Waals surface area contributed by atoms with Gasteiger partial charge >= 0.3 is 0 Å². The van der Waals surface area contributed by atoms with Crippen molar-refractivity contribution in [1.29, 1.82) is 0 Å². The average molecular weight is 1070 g/mol. The lowest BCUT2D eigenvalue weighted by Crippen LogP contribution is -2.61. The zero-order valence-electron chi connectivity index (χ0n) is 48.7. The summed E-state index contributed by atoms with van der Waals surface area (Å²) in [6.45, 7) is 20.9. The van der Waals surface area contributed by atoms with Crippen molar-refractivity contribution in [2.75, 3.05) is 9.80 Å². The molecule has 0 amide bonds. The molecular formula is C78H65BN2O2. The van der Waals surface area contributed by atoms with Gasteiger partial charge in [-0.3, -0.25) is 0 Å². The van der Waals surface area contributed by atoms with Crippen molar-refractivity contribution in [3.8, 4) is 44.5 Å². The molecule has 83 heavy (non-hydrogen) atoms. The molecule has 0 saturated heterocycles. The molecule has 2 aliphatic rings. The summed E-state index contributed by atoms with van der Waals surface area (Å²) < 4.78 is 14.0. The highest BCUT2D eigenvalue weighted by Gasteiger charge is 2.47. The second kappa shape index (κ2) is 18.6. The molecule has 0 spiro atoms. The first-order chi connectivity index (χ1) is 40.1. The summed E-state index contributed by atoms with van der Waals surface area (Å²) in [5.74, 6) is 0. The van der Waals surface area contributed by atoms with Gasteiger partial charge in [-0.15, -0.1) is 0 Å². The fraction of sp³-hybridized carbons (Fsp3) is 0.154. The van der Waals surface area contributed by atoms with Gasteiger partial charge < -0.3 is 18.6 Å². The van der Waals surface area contributed by atoms with Crippen molar-refractivity contribution in [3.63, 3.8) is 0 Å². The molecule has 402 valence electrons. The summed E-state index contributed by atoms with van der Waals surface area (Å²) in [5.41, 5.74) is 26.3. The Labute approximate surface area is 487 Å². The van der Waals surface area contributed by atoms with Gasteiger partial charge in [0.2, 0.25) is 0 Å². The second-order valence-electron chi connectivity index (χ2n) is 26.1. The summed E-state index contributed by atoms with van der Waals surface area (Å²) in [5, 5.41) is 4.35. The fourth-order valence-electron chi connectivity index (χ4n) is 13.3. The minimum Gasteiger partial charge on any atom is -0.456 e. The Morgan fingerprint density at radius 1 is 0.289 bits per heavy atom. The van der Waals surface area contributed by atoms with Crippen LogP contribution < -0.4 is 26.2 Å². The third-order valence-corrected chi connectivity index (χ3v) is 17.7. The topological polar surface area (TPSA) is 32.8 Å². The molecule has 0 bridgehead atoms. The van der Waals surface area contributed by atoms with Crippen LogP contribution in [0.15, 0.2) is 239 Å². The number of anilines is 6. The van der Waals surface area contributed by atoms with E-state index >= 15 is 0 Å². The van der Waals surface area contributed by atoms with E-state index < -0.39 is 0 Å². The number of nitrogens with zero attached hydrogens (tertiary/aromatic N) is 2. The molecule has 4 nitrogen and oxygen atoms in total. The number of hydrogen-bond donors (Lipinski definition) is 0. The van der Waals surface area contributed by atoms with Gasteiger partial charge in [-0.25, -0.2) is 0 Å². The van der Waals surface area contributed by atoms with E-state index in [1.54, 1.807) is 0 Å². The number of fused-ring (bicyclic) bond motifs is 10. The summed E-state index contributed by atoms with van der Waals surface area (Å²) in [6, 6.07) is 85.9.